The number of rotatable bonds is 9. The maximum atomic E-state index is 11.6. The van der Waals surface area contributed by atoms with Gasteiger partial charge in [0.25, 0.3) is 0 Å². The van der Waals surface area contributed by atoms with Gasteiger partial charge in [0.2, 0.25) is 0 Å². The Morgan fingerprint density at radius 2 is 1.56 bits per heavy atom. The Balaban J connectivity index is 2.00. The van der Waals surface area contributed by atoms with Crippen molar-refractivity contribution in [1.82, 2.24) is 0 Å². The summed E-state index contributed by atoms with van der Waals surface area (Å²) in [5.74, 6) is 0.534. The summed E-state index contributed by atoms with van der Waals surface area (Å²) in [6.07, 6.45) is 6.78. The summed E-state index contributed by atoms with van der Waals surface area (Å²) in [5.41, 5.74) is 0.625. The summed E-state index contributed by atoms with van der Waals surface area (Å²) in [7, 11) is 0. The summed E-state index contributed by atoms with van der Waals surface area (Å²) in [5, 5.41) is 0. The first-order valence-corrected chi connectivity index (χ1v) is 7.16. The molecule has 3 heteroatoms. The molecule has 1 aromatic carbocycles. The van der Waals surface area contributed by atoms with Gasteiger partial charge in [-0.3, -0.25) is 0 Å². The van der Waals surface area contributed by atoms with Crippen LogP contribution in [0.5, 0.6) is 0 Å². The van der Waals surface area contributed by atoms with Gasteiger partial charge in [-0.05, 0) is 25.0 Å². The minimum atomic E-state index is -0.224. The van der Waals surface area contributed by atoms with Crippen molar-refractivity contribution in [2.45, 2.75) is 38.5 Å². The molecule has 0 unspecified atom stereocenters. The maximum absolute atomic E-state index is 11.6. The van der Waals surface area contributed by atoms with Crippen molar-refractivity contribution in [2.24, 2.45) is 0 Å². The van der Waals surface area contributed by atoms with Gasteiger partial charge in [0, 0.05) is 5.88 Å². The van der Waals surface area contributed by atoms with Gasteiger partial charge in [0.15, 0.2) is 0 Å². The topological polar surface area (TPSA) is 26.3 Å². The second-order valence-electron chi connectivity index (χ2n) is 4.31. The van der Waals surface area contributed by atoms with E-state index in [1.807, 2.05) is 18.2 Å². The SMILES string of the molecule is O=C(OCCCCCCCCCl)c1ccccc1. The van der Waals surface area contributed by atoms with Gasteiger partial charge in [0.05, 0.1) is 12.2 Å². The maximum Gasteiger partial charge on any atom is 0.338 e. The molecule has 0 saturated carbocycles. The lowest BCUT2D eigenvalue weighted by Gasteiger charge is -2.04. The monoisotopic (exact) mass is 268 g/mol. The zero-order valence-electron chi connectivity index (χ0n) is 10.7. The minimum absolute atomic E-state index is 0.224. The second kappa shape index (κ2) is 9.95. The molecule has 1 rings (SSSR count). The molecule has 0 fully saturated rings. The van der Waals surface area contributed by atoms with Crippen LogP contribution < -0.4 is 0 Å². The average Bonchev–Trinajstić information content (AvgIpc) is 2.42. The van der Waals surface area contributed by atoms with E-state index >= 15 is 0 Å². The Morgan fingerprint density at radius 1 is 0.944 bits per heavy atom. The third-order valence-electron chi connectivity index (χ3n) is 2.77. The minimum Gasteiger partial charge on any atom is -0.462 e. The van der Waals surface area contributed by atoms with Crippen LogP contribution in [0.15, 0.2) is 30.3 Å². The van der Waals surface area contributed by atoms with Crippen LogP contribution in [-0.2, 0) is 4.74 Å². The Labute approximate surface area is 114 Å². The van der Waals surface area contributed by atoms with Crippen LogP contribution in [0.3, 0.4) is 0 Å². The van der Waals surface area contributed by atoms with E-state index < -0.39 is 0 Å². The number of benzene rings is 1. The molecule has 0 aliphatic carbocycles. The summed E-state index contributed by atoms with van der Waals surface area (Å²) in [6, 6.07) is 9.11. The molecule has 0 bridgehead atoms. The van der Waals surface area contributed by atoms with E-state index in [0.29, 0.717) is 12.2 Å². The van der Waals surface area contributed by atoms with E-state index in [0.717, 1.165) is 25.1 Å². The molecule has 0 N–H and O–H groups in total. The number of carbonyl (C=O) groups is 1. The number of carbonyl (C=O) groups excluding carboxylic acids is 1. The number of ether oxygens (including phenoxy) is 1. The van der Waals surface area contributed by atoms with Gasteiger partial charge < -0.3 is 4.74 Å². The quantitative estimate of drug-likeness (QED) is 0.376. The molecule has 100 valence electrons. The highest BCUT2D eigenvalue weighted by molar-refractivity contribution is 6.17. The summed E-state index contributed by atoms with van der Waals surface area (Å²) in [6.45, 7) is 0.517. The number of hydrogen-bond donors (Lipinski definition) is 0. The van der Waals surface area contributed by atoms with Crippen LogP contribution in [0, 0.1) is 0 Å². The fourth-order valence-corrected chi connectivity index (χ4v) is 1.92. The predicted molar refractivity (Wildman–Crippen MR) is 75.1 cm³/mol. The van der Waals surface area contributed by atoms with E-state index in [2.05, 4.69) is 0 Å². The molecular weight excluding hydrogens is 248 g/mol. The lowest BCUT2D eigenvalue weighted by molar-refractivity contribution is 0.0497. The molecule has 0 aliphatic heterocycles. The van der Waals surface area contributed by atoms with Crippen molar-refractivity contribution in [2.75, 3.05) is 12.5 Å². The Kier molecular flexibility index (Phi) is 8.32. The van der Waals surface area contributed by atoms with Crippen molar-refractivity contribution >= 4 is 17.6 Å². The van der Waals surface area contributed by atoms with E-state index in [9.17, 15) is 4.79 Å². The average molecular weight is 269 g/mol. The third kappa shape index (κ3) is 6.65. The molecule has 0 atom stereocenters. The number of unbranched alkanes of at least 4 members (excludes halogenated alkanes) is 5. The zero-order chi connectivity index (χ0) is 13.1. The van der Waals surface area contributed by atoms with E-state index in [1.165, 1.54) is 19.3 Å². The van der Waals surface area contributed by atoms with Crippen molar-refractivity contribution in [3.63, 3.8) is 0 Å². The van der Waals surface area contributed by atoms with E-state index in [-0.39, 0.29) is 5.97 Å². The van der Waals surface area contributed by atoms with Crippen molar-refractivity contribution < 1.29 is 9.53 Å². The first-order chi connectivity index (χ1) is 8.84. The van der Waals surface area contributed by atoms with Crippen LogP contribution in [0.4, 0.5) is 0 Å². The molecule has 0 aliphatic rings. The lowest BCUT2D eigenvalue weighted by atomic mass is 10.1. The Bertz CT molecular complexity index is 325. The first-order valence-electron chi connectivity index (χ1n) is 6.62. The zero-order valence-corrected chi connectivity index (χ0v) is 11.5. The standard InChI is InChI=1S/C15H21ClO2/c16-12-8-3-1-2-4-9-13-18-15(17)14-10-6-5-7-11-14/h5-7,10-11H,1-4,8-9,12-13H2. The molecule has 0 amide bonds. The van der Waals surface area contributed by atoms with Crippen LogP contribution in [-0.4, -0.2) is 18.5 Å². The van der Waals surface area contributed by atoms with Crippen molar-refractivity contribution in [3.05, 3.63) is 35.9 Å². The third-order valence-corrected chi connectivity index (χ3v) is 3.04. The van der Waals surface area contributed by atoms with Crippen LogP contribution in [0.1, 0.15) is 48.9 Å². The molecule has 0 heterocycles. The summed E-state index contributed by atoms with van der Waals surface area (Å²) in [4.78, 5) is 11.6. The van der Waals surface area contributed by atoms with Gasteiger partial charge in [0.1, 0.15) is 0 Å². The molecule has 0 spiro atoms. The highest BCUT2D eigenvalue weighted by Crippen LogP contribution is 2.07. The highest BCUT2D eigenvalue weighted by atomic mass is 35.5. The molecule has 0 radical (unpaired) electrons. The summed E-state index contributed by atoms with van der Waals surface area (Å²) < 4.78 is 5.20. The van der Waals surface area contributed by atoms with Crippen LogP contribution in [0.25, 0.3) is 0 Å². The Morgan fingerprint density at radius 3 is 2.22 bits per heavy atom. The highest BCUT2D eigenvalue weighted by Gasteiger charge is 2.04. The van der Waals surface area contributed by atoms with Crippen LogP contribution in [0.2, 0.25) is 0 Å². The predicted octanol–water partition coefficient (Wildman–Crippen LogP) is 4.42. The van der Waals surface area contributed by atoms with Gasteiger partial charge >= 0.3 is 5.97 Å². The lowest BCUT2D eigenvalue weighted by Crippen LogP contribution is -2.06. The van der Waals surface area contributed by atoms with Crippen LogP contribution >= 0.6 is 11.6 Å². The van der Waals surface area contributed by atoms with Gasteiger partial charge in [-0.25, -0.2) is 4.79 Å². The molecule has 2 nitrogen and oxygen atoms in total. The van der Waals surface area contributed by atoms with E-state index in [1.54, 1.807) is 12.1 Å². The van der Waals surface area contributed by atoms with Gasteiger partial charge in [-0.15, -0.1) is 11.6 Å². The molecule has 0 saturated heterocycles. The smallest absolute Gasteiger partial charge is 0.338 e. The normalized spacial score (nSPS) is 10.3. The number of halogens is 1. The second-order valence-corrected chi connectivity index (χ2v) is 4.69. The summed E-state index contributed by atoms with van der Waals surface area (Å²) >= 11 is 5.60. The molecule has 18 heavy (non-hydrogen) atoms. The fraction of sp³-hybridized carbons (Fsp3) is 0.533. The number of hydrogen-bond acceptors (Lipinski definition) is 2. The molecular formula is C15H21ClO2. The molecule has 0 aromatic heterocycles. The fourth-order valence-electron chi connectivity index (χ4n) is 1.73. The van der Waals surface area contributed by atoms with Gasteiger partial charge in [-0.1, -0.05) is 43.9 Å². The Hall–Kier alpha value is -1.02. The van der Waals surface area contributed by atoms with Crippen molar-refractivity contribution in [1.29, 1.82) is 0 Å². The number of esters is 1. The number of alkyl halides is 1. The molecule has 1 aromatic rings. The van der Waals surface area contributed by atoms with Crippen molar-refractivity contribution in [3.8, 4) is 0 Å². The first kappa shape index (κ1) is 15.0. The van der Waals surface area contributed by atoms with E-state index in [4.69, 9.17) is 16.3 Å². The van der Waals surface area contributed by atoms with Gasteiger partial charge in [-0.2, -0.15) is 0 Å². The largest absolute Gasteiger partial charge is 0.462 e.